The molecule has 0 radical (unpaired) electrons. The minimum atomic E-state index is -0.506. The minimum absolute atomic E-state index is 0.506. The smallest absolute Gasteiger partial charge is 0.0691 e. The number of aliphatic hydroxyl groups is 1. The molecule has 3 atom stereocenters. The fourth-order valence-corrected chi connectivity index (χ4v) is 2.89. The Kier molecular flexibility index (Phi) is 3.57. The third-order valence-electron chi connectivity index (χ3n) is 4.28. The molecule has 0 spiro atoms. The van der Waals surface area contributed by atoms with Crippen LogP contribution in [-0.2, 0) is 13.0 Å². The van der Waals surface area contributed by atoms with E-state index in [1.165, 1.54) is 0 Å². The highest BCUT2D eigenvalue weighted by atomic mass is 16.3. The topological polar surface area (TPSA) is 38.0 Å². The molecule has 1 fully saturated rings. The van der Waals surface area contributed by atoms with Crippen LogP contribution < -0.4 is 0 Å². The maximum atomic E-state index is 10.7. The largest absolute Gasteiger partial charge is 0.390 e. The summed E-state index contributed by atoms with van der Waals surface area (Å²) < 4.78 is 1.92. The molecule has 0 saturated heterocycles. The van der Waals surface area contributed by atoms with Gasteiger partial charge >= 0.3 is 0 Å². The Morgan fingerprint density at radius 1 is 1.47 bits per heavy atom. The van der Waals surface area contributed by atoms with Crippen LogP contribution in [0.25, 0.3) is 0 Å². The van der Waals surface area contributed by atoms with E-state index in [-0.39, 0.29) is 0 Å². The van der Waals surface area contributed by atoms with Gasteiger partial charge in [0.1, 0.15) is 0 Å². The van der Waals surface area contributed by atoms with E-state index in [2.05, 4.69) is 32.1 Å². The molecule has 1 aliphatic carbocycles. The summed E-state index contributed by atoms with van der Waals surface area (Å²) in [6.45, 7) is 7.52. The SMILES string of the molecule is CCn1cc(CC2(O)CCC(C)C(C)C2)cn1. The molecule has 0 amide bonds. The summed E-state index contributed by atoms with van der Waals surface area (Å²) >= 11 is 0. The van der Waals surface area contributed by atoms with Crippen molar-refractivity contribution < 1.29 is 5.11 Å². The average molecular weight is 236 g/mol. The summed E-state index contributed by atoms with van der Waals surface area (Å²) in [6, 6.07) is 0. The molecular formula is C14H24N2O. The Morgan fingerprint density at radius 2 is 2.24 bits per heavy atom. The molecule has 1 heterocycles. The van der Waals surface area contributed by atoms with Crippen LogP contribution in [0.4, 0.5) is 0 Å². The van der Waals surface area contributed by atoms with Crippen LogP contribution in [0.5, 0.6) is 0 Å². The van der Waals surface area contributed by atoms with Crippen molar-refractivity contribution in [3.05, 3.63) is 18.0 Å². The summed E-state index contributed by atoms with van der Waals surface area (Å²) in [5.74, 6) is 1.36. The van der Waals surface area contributed by atoms with E-state index in [1.54, 1.807) is 0 Å². The second kappa shape index (κ2) is 4.81. The van der Waals surface area contributed by atoms with Crippen LogP contribution in [0.2, 0.25) is 0 Å². The number of hydrogen-bond donors (Lipinski definition) is 1. The highest BCUT2D eigenvalue weighted by molar-refractivity contribution is 5.09. The van der Waals surface area contributed by atoms with Crippen LogP contribution in [0.1, 0.15) is 45.6 Å². The third-order valence-corrected chi connectivity index (χ3v) is 4.28. The fraction of sp³-hybridized carbons (Fsp3) is 0.786. The average Bonchev–Trinajstić information content (AvgIpc) is 2.71. The standard InChI is InChI=1S/C14H24N2O/c1-4-16-10-13(9-15-16)8-14(17)6-5-11(2)12(3)7-14/h9-12,17H,4-8H2,1-3H3. The third kappa shape index (κ3) is 2.89. The Bertz CT molecular complexity index is 374. The molecule has 1 aromatic heterocycles. The monoisotopic (exact) mass is 236 g/mol. The fourth-order valence-electron chi connectivity index (χ4n) is 2.89. The highest BCUT2D eigenvalue weighted by Crippen LogP contribution is 2.37. The first-order valence-corrected chi connectivity index (χ1v) is 6.76. The van der Waals surface area contributed by atoms with Gasteiger partial charge in [0.25, 0.3) is 0 Å². The maximum absolute atomic E-state index is 10.7. The van der Waals surface area contributed by atoms with Crippen LogP contribution in [0.3, 0.4) is 0 Å². The van der Waals surface area contributed by atoms with Gasteiger partial charge in [0.2, 0.25) is 0 Å². The predicted octanol–water partition coefficient (Wildman–Crippen LogP) is 2.63. The number of aromatic nitrogens is 2. The predicted molar refractivity (Wildman–Crippen MR) is 68.7 cm³/mol. The molecule has 1 aliphatic rings. The van der Waals surface area contributed by atoms with E-state index in [4.69, 9.17) is 0 Å². The van der Waals surface area contributed by atoms with Gasteiger partial charge in [-0.05, 0) is 43.6 Å². The molecule has 3 nitrogen and oxygen atoms in total. The molecule has 17 heavy (non-hydrogen) atoms. The van der Waals surface area contributed by atoms with Crippen molar-refractivity contribution in [1.82, 2.24) is 9.78 Å². The molecule has 3 heteroatoms. The first kappa shape index (κ1) is 12.6. The number of nitrogens with zero attached hydrogens (tertiary/aromatic N) is 2. The van der Waals surface area contributed by atoms with E-state index >= 15 is 0 Å². The number of rotatable bonds is 3. The van der Waals surface area contributed by atoms with Gasteiger partial charge in [-0.15, -0.1) is 0 Å². The first-order valence-electron chi connectivity index (χ1n) is 6.76. The van der Waals surface area contributed by atoms with Gasteiger partial charge in [-0.2, -0.15) is 5.10 Å². The van der Waals surface area contributed by atoms with E-state index in [0.29, 0.717) is 5.92 Å². The van der Waals surface area contributed by atoms with Crippen molar-refractivity contribution in [2.75, 3.05) is 0 Å². The number of hydrogen-bond acceptors (Lipinski definition) is 2. The Hall–Kier alpha value is -0.830. The summed E-state index contributed by atoms with van der Waals surface area (Å²) in [5.41, 5.74) is 0.657. The summed E-state index contributed by atoms with van der Waals surface area (Å²) in [5, 5.41) is 14.9. The first-order chi connectivity index (χ1) is 8.02. The molecule has 1 N–H and O–H groups in total. The van der Waals surface area contributed by atoms with Crippen molar-refractivity contribution in [2.45, 2.75) is 58.6 Å². The zero-order valence-electron chi connectivity index (χ0n) is 11.2. The molecule has 1 aromatic rings. The lowest BCUT2D eigenvalue weighted by Gasteiger charge is -2.39. The minimum Gasteiger partial charge on any atom is -0.390 e. The second-order valence-electron chi connectivity index (χ2n) is 5.80. The molecule has 0 bridgehead atoms. The molecule has 1 saturated carbocycles. The van der Waals surface area contributed by atoms with E-state index in [9.17, 15) is 5.11 Å². The van der Waals surface area contributed by atoms with Crippen LogP contribution in [0.15, 0.2) is 12.4 Å². The number of aryl methyl sites for hydroxylation is 1. The van der Waals surface area contributed by atoms with Crippen LogP contribution in [-0.4, -0.2) is 20.5 Å². The van der Waals surface area contributed by atoms with Gasteiger partial charge < -0.3 is 5.11 Å². The highest BCUT2D eigenvalue weighted by Gasteiger charge is 2.36. The van der Waals surface area contributed by atoms with Gasteiger partial charge in [-0.3, -0.25) is 4.68 Å². The van der Waals surface area contributed by atoms with Gasteiger partial charge in [0.05, 0.1) is 11.8 Å². The van der Waals surface area contributed by atoms with Crippen LogP contribution in [0, 0.1) is 11.8 Å². The lowest BCUT2D eigenvalue weighted by molar-refractivity contribution is -0.0279. The summed E-state index contributed by atoms with van der Waals surface area (Å²) in [6.07, 6.45) is 7.69. The Balaban J connectivity index is 2.02. The van der Waals surface area contributed by atoms with Crippen molar-refractivity contribution in [1.29, 1.82) is 0 Å². The lowest BCUT2D eigenvalue weighted by atomic mass is 9.71. The van der Waals surface area contributed by atoms with Gasteiger partial charge in [-0.25, -0.2) is 0 Å². The van der Waals surface area contributed by atoms with E-state index in [1.807, 2.05) is 10.9 Å². The summed E-state index contributed by atoms with van der Waals surface area (Å²) in [7, 11) is 0. The second-order valence-corrected chi connectivity index (χ2v) is 5.80. The Morgan fingerprint density at radius 3 is 2.82 bits per heavy atom. The molecule has 2 rings (SSSR count). The van der Waals surface area contributed by atoms with Crippen LogP contribution >= 0.6 is 0 Å². The Labute approximate surface area is 104 Å². The van der Waals surface area contributed by atoms with Gasteiger partial charge in [0, 0.05) is 19.2 Å². The van der Waals surface area contributed by atoms with Crippen molar-refractivity contribution in [2.24, 2.45) is 11.8 Å². The van der Waals surface area contributed by atoms with Gasteiger partial charge in [0.15, 0.2) is 0 Å². The summed E-state index contributed by atoms with van der Waals surface area (Å²) in [4.78, 5) is 0. The quantitative estimate of drug-likeness (QED) is 0.876. The molecule has 0 aliphatic heterocycles. The maximum Gasteiger partial charge on any atom is 0.0691 e. The van der Waals surface area contributed by atoms with Gasteiger partial charge in [-0.1, -0.05) is 13.8 Å². The van der Waals surface area contributed by atoms with Crippen molar-refractivity contribution in [3.8, 4) is 0 Å². The molecule has 96 valence electrons. The lowest BCUT2D eigenvalue weighted by Crippen LogP contribution is -2.39. The molecule has 0 aromatic carbocycles. The van der Waals surface area contributed by atoms with E-state index in [0.717, 1.165) is 43.7 Å². The van der Waals surface area contributed by atoms with Crippen molar-refractivity contribution in [3.63, 3.8) is 0 Å². The van der Waals surface area contributed by atoms with Crippen molar-refractivity contribution >= 4 is 0 Å². The normalized spacial score (nSPS) is 33.9. The molecular weight excluding hydrogens is 212 g/mol. The zero-order chi connectivity index (χ0) is 12.5. The molecule has 3 unspecified atom stereocenters. The zero-order valence-corrected chi connectivity index (χ0v) is 11.2. The van der Waals surface area contributed by atoms with E-state index < -0.39 is 5.60 Å².